The van der Waals surface area contributed by atoms with E-state index in [4.69, 9.17) is 24.3 Å². The number of ether oxygens (including phenoxy) is 2. The molecule has 0 aliphatic heterocycles. The first-order valence-electron chi connectivity index (χ1n) is 30.5. The molecule has 0 spiro atoms. The van der Waals surface area contributed by atoms with Crippen LogP contribution in [-0.4, -0.2) is 49.3 Å². The standard InChI is InChI=1S/C61H116NO8P/c1-3-5-7-9-11-13-15-17-19-21-23-24-25-26-27-28-29-30-31-32-33-34-36-38-40-42-44-46-48-50-52-54-61(64)70-59(58-69-71(65,66)68-56-55-62)57-67-60(63)53-51-49-47-45-43-41-39-37-35-22-20-18-16-14-12-10-8-6-4-2/h15,17,21,23,25-26,59H,3-14,16,18-20,22,24,27-58,62H2,1-2H3,(H,65,66)/b17-15-,23-21-,26-25-. The van der Waals surface area contributed by atoms with Crippen LogP contribution in [0.3, 0.4) is 0 Å². The molecule has 0 aliphatic carbocycles. The molecular weight excluding hydrogens is 906 g/mol. The number of carbonyl (C=O) groups is 2. The van der Waals surface area contributed by atoms with Crippen molar-refractivity contribution in [2.75, 3.05) is 26.4 Å². The summed E-state index contributed by atoms with van der Waals surface area (Å²) in [6, 6.07) is 0. The van der Waals surface area contributed by atoms with Crippen molar-refractivity contribution in [3.8, 4) is 0 Å². The summed E-state index contributed by atoms with van der Waals surface area (Å²) in [6.07, 6.45) is 69.2. The molecule has 0 amide bonds. The van der Waals surface area contributed by atoms with Crippen molar-refractivity contribution in [3.63, 3.8) is 0 Å². The van der Waals surface area contributed by atoms with Crippen LogP contribution in [0.5, 0.6) is 0 Å². The highest BCUT2D eigenvalue weighted by atomic mass is 31.2. The molecule has 0 radical (unpaired) electrons. The van der Waals surface area contributed by atoms with Crippen LogP contribution in [0.1, 0.15) is 309 Å². The molecule has 0 heterocycles. The van der Waals surface area contributed by atoms with Gasteiger partial charge in [-0.1, -0.05) is 281 Å². The van der Waals surface area contributed by atoms with Crippen LogP contribution < -0.4 is 5.73 Å². The third-order valence-electron chi connectivity index (χ3n) is 13.5. The van der Waals surface area contributed by atoms with Gasteiger partial charge in [-0.25, -0.2) is 4.57 Å². The Morgan fingerprint density at radius 3 is 1.08 bits per heavy atom. The predicted octanol–water partition coefficient (Wildman–Crippen LogP) is 19.2. The highest BCUT2D eigenvalue weighted by Crippen LogP contribution is 2.43. The number of nitrogens with two attached hydrogens (primary N) is 1. The van der Waals surface area contributed by atoms with Crippen LogP contribution in [0.25, 0.3) is 0 Å². The Morgan fingerprint density at radius 2 is 0.732 bits per heavy atom. The van der Waals surface area contributed by atoms with Gasteiger partial charge in [0.15, 0.2) is 6.10 Å². The highest BCUT2D eigenvalue weighted by Gasteiger charge is 2.26. The van der Waals surface area contributed by atoms with Gasteiger partial charge in [0.25, 0.3) is 0 Å². The molecule has 0 fully saturated rings. The predicted molar refractivity (Wildman–Crippen MR) is 303 cm³/mol. The first-order valence-corrected chi connectivity index (χ1v) is 32.0. The maximum absolute atomic E-state index is 12.7. The number of carbonyl (C=O) groups excluding carboxylic acids is 2. The zero-order valence-corrected chi connectivity index (χ0v) is 47.6. The van der Waals surface area contributed by atoms with E-state index in [9.17, 15) is 19.0 Å². The average molecular weight is 1020 g/mol. The van der Waals surface area contributed by atoms with Crippen molar-refractivity contribution in [3.05, 3.63) is 36.5 Å². The van der Waals surface area contributed by atoms with Gasteiger partial charge in [0.05, 0.1) is 13.2 Å². The molecule has 0 aromatic rings. The van der Waals surface area contributed by atoms with E-state index < -0.39 is 26.5 Å². The molecule has 418 valence electrons. The quantitative estimate of drug-likeness (QED) is 0.0264. The number of unbranched alkanes of at least 4 members (excludes halogenated alkanes) is 39. The molecule has 2 unspecified atom stereocenters. The van der Waals surface area contributed by atoms with Crippen LogP contribution >= 0.6 is 7.82 Å². The number of hydrogen-bond acceptors (Lipinski definition) is 8. The summed E-state index contributed by atoms with van der Waals surface area (Å²) in [7, 11) is -4.38. The first-order chi connectivity index (χ1) is 34.8. The van der Waals surface area contributed by atoms with E-state index in [1.54, 1.807) is 0 Å². The molecule has 71 heavy (non-hydrogen) atoms. The van der Waals surface area contributed by atoms with Crippen LogP contribution in [0.2, 0.25) is 0 Å². The highest BCUT2D eigenvalue weighted by molar-refractivity contribution is 7.47. The summed E-state index contributed by atoms with van der Waals surface area (Å²) in [6.45, 7) is 3.79. The Hall–Kier alpha value is -1.77. The van der Waals surface area contributed by atoms with E-state index >= 15 is 0 Å². The molecule has 0 aromatic carbocycles. The minimum absolute atomic E-state index is 0.0556. The van der Waals surface area contributed by atoms with Crippen LogP contribution in [0.15, 0.2) is 36.5 Å². The Morgan fingerprint density at radius 1 is 0.423 bits per heavy atom. The van der Waals surface area contributed by atoms with Gasteiger partial charge >= 0.3 is 19.8 Å². The lowest BCUT2D eigenvalue weighted by molar-refractivity contribution is -0.161. The van der Waals surface area contributed by atoms with Crippen molar-refractivity contribution in [2.45, 2.75) is 315 Å². The fraction of sp³-hybridized carbons (Fsp3) is 0.869. The summed E-state index contributed by atoms with van der Waals surface area (Å²) < 4.78 is 33.1. The minimum Gasteiger partial charge on any atom is -0.462 e. The molecular formula is C61H116NO8P. The van der Waals surface area contributed by atoms with Gasteiger partial charge in [0, 0.05) is 19.4 Å². The second-order valence-corrected chi connectivity index (χ2v) is 22.0. The lowest BCUT2D eigenvalue weighted by Crippen LogP contribution is -2.29. The second-order valence-electron chi connectivity index (χ2n) is 20.6. The number of hydrogen-bond donors (Lipinski definition) is 2. The van der Waals surface area contributed by atoms with E-state index in [0.29, 0.717) is 6.42 Å². The molecule has 10 heteroatoms. The van der Waals surface area contributed by atoms with Gasteiger partial charge in [-0.3, -0.25) is 18.6 Å². The van der Waals surface area contributed by atoms with Crippen LogP contribution in [-0.2, 0) is 32.7 Å². The number of phosphoric acid groups is 1. The summed E-state index contributed by atoms with van der Waals surface area (Å²) in [4.78, 5) is 35.2. The fourth-order valence-corrected chi connectivity index (χ4v) is 9.76. The SMILES string of the molecule is CCCCCCC/C=C\C/C=C\C/C=C\CCCCCCCCCCCCCCCCCCC(=O)OC(COC(=O)CCCCCCCCCCCCCCCCCCCCC)COP(=O)(O)OCCN. The molecule has 0 aromatic heterocycles. The lowest BCUT2D eigenvalue weighted by Gasteiger charge is -2.19. The van der Waals surface area contributed by atoms with Crippen molar-refractivity contribution >= 4 is 19.8 Å². The number of rotatable bonds is 58. The minimum atomic E-state index is -4.38. The fourth-order valence-electron chi connectivity index (χ4n) is 9.00. The Balaban J connectivity index is 3.89. The second kappa shape index (κ2) is 57.5. The first kappa shape index (κ1) is 69.2. The van der Waals surface area contributed by atoms with E-state index in [1.807, 2.05) is 0 Å². The van der Waals surface area contributed by atoms with E-state index in [2.05, 4.69) is 50.3 Å². The maximum Gasteiger partial charge on any atom is 0.472 e. The van der Waals surface area contributed by atoms with Crippen molar-refractivity contribution in [2.24, 2.45) is 5.73 Å². The van der Waals surface area contributed by atoms with Gasteiger partial charge in [-0.15, -0.1) is 0 Å². The monoisotopic (exact) mass is 1020 g/mol. The summed E-state index contributed by atoms with van der Waals surface area (Å²) in [5.74, 6) is -0.810. The zero-order valence-electron chi connectivity index (χ0n) is 46.7. The van der Waals surface area contributed by atoms with Gasteiger partial charge in [-0.2, -0.15) is 0 Å². The van der Waals surface area contributed by atoms with Crippen LogP contribution in [0.4, 0.5) is 0 Å². The van der Waals surface area contributed by atoms with E-state index in [0.717, 1.165) is 44.9 Å². The van der Waals surface area contributed by atoms with Crippen molar-refractivity contribution < 1.29 is 37.6 Å². The smallest absolute Gasteiger partial charge is 0.462 e. The third-order valence-corrected chi connectivity index (χ3v) is 14.5. The molecule has 0 aliphatic rings. The summed E-state index contributed by atoms with van der Waals surface area (Å²) in [5, 5.41) is 0. The normalized spacial score (nSPS) is 13.2. The van der Waals surface area contributed by atoms with E-state index in [-0.39, 0.29) is 38.6 Å². The van der Waals surface area contributed by atoms with Crippen LogP contribution in [0, 0.1) is 0 Å². The lowest BCUT2D eigenvalue weighted by atomic mass is 10.0. The Labute approximate surface area is 439 Å². The Bertz CT molecular complexity index is 1260. The average Bonchev–Trinajstić information content (AvgIpc) is 3.36. The van der Waals surface area contributed by atoms with Gasteiger partial charge < -0.3 is 20.1 Å². The maximum atomic E-state index is 12.7. The Kier molecular flexibility index (Phi) is 56.1. The molecule has 2 atom stereocenters. The van der Waals surface area contributed by atoms with E-state index in [1.165, 1.54) is 231 Å². The largest absolute Gasteiger partial charge is 0.472 e. The molecule has 0 saturated carbocycles. The molecule has 3 N–H and O–H groups in total. The molecule has 0 bridgehead atoms. The number of phosphoric ester groups is 1. The molecule has 0 rings (SSSR count). The third kappa shape index (κ3) is 57.4. The summed E-state index contributed by atoms with van der Waals surface area (Å²) in [5.41, 5.74) is 5.39. The van der Waals surface area contributed by atoms with Crippen molar-refractivity contribution in [1.82, 2.24) is 0 Å². The van der Waals surface area contributed by atoms with Gasteiger partial charge in [0.1, 0.15) is 6.61 Å². The number of allylic oxidation sites excluding steroid dienone is 6. The van der Waals surface area contributed by atoms with Gasteiger partial charge in [-0.05, 0) is 51.4 Å². The van der Waals surface area contributed by atoms with Gasteiger partial charge in [0.2, 0.25) is 0 Å². The molecule has 0 saturated heterocycles. The summed E-state index contributed by atoms with van der Waals surface area (Å²) >= 11 is 0. The molecule has 9 nitrogen and oxygen atoms in total. The van der Waals surface area contributed by atoms with Crippen molar-refractivity contribution in [1.29, 1.82) is 0 Å². The number of esters is 2. The zero-order chi connectivity index (χ0) is 51.7. The topological polar surface area (TPSA) is 134 Å².